The molecule has 0 radical (unpaired) electrons. The molecule has 5 heteroatoms. The van der Waals surface area contributed by atoms with E-state index in [1.165, 1.54) is 42.3 Å². The maximum absolute atomic E-state index is 5.00. The van der Waals surface area contributed by atoms with Gasteiger partial charge in [0.15, 0.2) is 17.5 Å². The van der Waals surface area contributed by atoms with E-state index < -0.39 is 0 Å². The molecule has 0 saturated carbocycles. The molecule has 0 unspecified atom stereocenters. The van der Waals surface area contributed by atoms with Crippen molar-refractivity contribution < 1.29 is 0 Å². The molecule has 0 saturated heterocycles. The minimum atomic E-state index is 0.642. The highest BCUT2D eigenvalue weighted by atomic mass is 32.1. The molecule has 9 rings (SSSR count). The second-order valence-electron chi connectivity index (χ2n) is 11.3. The Morgan fingerprint density at radius 1 is 0.435 bits per heavy atom. The van der Waals surface area contributed by atoms with Gasteiger partial charge in [-0.05, 0) is 35.2 Å². The van der Waals surface area contributed by atoms with Crippen LogP contribution < -0.4 is 0 Å². The van der Waals surface area contributed by atoms with Crippen LogP contribution in [0, 0.1) is 0 Å². The Hall–Kier alpha value is -5.91. The fraction of sp³-hybridized carbons (Fsp3) is 0. The summed E-state index contributed by atoms with van der Waals surface area (Å²) in [6.45, 7) is 0. The fourth-order valence-corrected chi connectivity index (χ4v) is 7.48. The first-order valence-electron chi connectivity index (χ1n) is 15.3. The van der Waals surface area contributed by atoms with E-state index in [1.54, 1.807) is 0 Å². The third-order valence-electron chi connectivity index (χ3n) is 8.44. The second-order valence-corrected chi connectivity index (χ2v) is 12.4. The molecular formula is C41H26N4S. The minimum absolute atomic E-state index is 0.642. The summed E-state index contributed by atoms with van der Waals surface area (Å²) in [5.74, 6) is 1.95. The molecule has 0 aliphatic heterocycles. The lowest BCUT2D eigenvalue weighted by Crippen LogP contribution is -2.01. The number of rotatable bonds is 5. The maximum Gasteiger partial charge on any atom is 0.164 e. The van der Waals surface area contributed by atoms with Crippen molar-refractivity contribution in [3.05, 3.63) is 158 Å². The number of hydrogen-bond donors (Lipinski definition) is 0. The van der Waals surface area contributed by atoms with Gasteiger partial charge in [-0.25, -0.2) is 15.0 Å². The van der Waals surface area contributed by atoms with E-state index in [9.17, 15) is 0 Å². The Morgan fingerprint density at radius 3 is 1.67 bits per heavy atom. The summed E-state index contributed by atoms with van der Waals surface area (Å²) in [6.07, 6.45) is 0. The van der Waals surface area contributed by atoms with Gasteiger partial charge in [0.05, 0.1) is 15.7 Å². The molecule has 6 aromatic carbocycles. The van der Waals surface area contributed by atoms with Gasteiger partial charge in [0.2, 0.25) is 0 Å². The van der Waals surface area contributed by atoms with Crippen LogP contribution in [0.3, 0.4) is 0 Å². The SMILES string of the molecule is c1ccc(-c2nc(-c3ccccc3)nc(-c3cccc(-n4c5ccccc5c5ccc6cc(-c7ccccc7)sc6c54)c3)n2)cc1. The topological polar surface area (TPSA) is 43.6 Å². The number of aromatic nitrogens is 4. The van der Waals surface area contributed by atoms with Crippen LogP contribution in [-0.4, -0.2) is 19.5 Å². The lowest BCUT2D eigenvalue weighted by molar-refractivity contribution is 1.07. The van der Waals surface area contributed by atoms with Gasteiger partial charge in [0.1, 0.15) is 0 Å². The summed E-state index contributed by atoms with van der Waals surface area (Å²) in [7, 11) is 0. The predicted octanol–water partition coefficient (Wildman–Crippen LogP) is 10.9. The molecule has 0 amide bonds. The molecule has 46 heavy (non-hydrogen) atoms. The quantitative estimate of drug-likeness (QED) is 0.196. The zero-order chi connectivity index (χ0) is 30.5. The van der Waals surface area contributed by atoms with Gasteiger partial charge in [-0.2, -0.15) is 0 Å². The normalized spacial score (nSPS) is 11.5. The molecule has 216 valence electrons. The summed E-state index contributed by atoms with van der Waals surface area (Å²) < 4.78 is 3.68. The first-order valence-corrected chi connectivity index (χ1v) is 16.1. The molecule has 9 aromatic rings. The highest BCUT2D eigenvalue weighted by molar-refractivity contribution is 7.23. The molecule has 0 fully saturated rings. The largest absolute Gasteiger partial charge is 0.308 e. The summed E-state index contributed by atoms with van der Waals surface area (Å²) in [5, 5.41) is 3.72. The van der Waals surface area contributed by atoms with Gasteiger partial charge in [-0.15, -0.1) is 11.3 Å². The summed E-state index contributed by atoms with van der Waals surface area (Å²) in [4.78, 5) is 16.2. The zero-order valence-electron chi connectivity index (χ0n) is 24.7. The van der Waals surface area contributed by atoms with Crippen LogP contribution in [0.2, 0.25) is 0 Å². The van der Waals surface area contributed by atoms with Crippen LogP contribution in [0.1, 0.15) is 0 Å². The minimum Gasteiger partial charge on any atom is -0.308 e. The van der Waals surface area contributed by atoms with E-state index in [0.717, 1.165) is 22.4 Å². The molecule has 4 nitrogen and oxygen atoms in total. The van der Waals surface area contributed by atoms with Gasteiger partial charge >= 0.3 is 0 Å². The number of para-hydroxylation sites is 1. The first-order chi connectivity index (χ1) is 22.8. The Morgan fingerprint density at radius 2 is 1.00 bits per heavy atom. The second kappa shape index (κ2) is 10.9. The Bertz CT molecular complexity index is 2460. The average Bonchev–Trinajstić information content (AvgIpc) is 3.72. The maximum atomic E-state index is 5.00. The lowest BCUT2D eigenvalue weighted by atomic mass is 10.1. The van der Waals surface area contributed by atoms with Crippen molar-refractivity contribution in [3.63, 3.8) is 0 Å². The van der Waals surface area contributed by atoms with E-state index >= 15 is 0 Å². The van der Waals surface area contributed by atoms with Crippen LogP contribution in [-0.2, 0) is 0 Å². The van der Waals surface area contributed by atoms with E-state index in [4.69, 9.17) is 15.0 Å². The van der Waals surface area contributed by atoms with Gasteiger partial charge in [-0.3, -0.25) is 0 Å². The molecule has 0 spiro atoms. The Labute approximate surface area is 269 Å². The van der Waals surface area contributed by atoms with Gasteiger partial charge in [0.25, 0.3) is 0 Å². The van der Waals surface area contributed by atoms with Crippen molar-refractivity contribution in [1.82, 2.24) is 19.5 Å². The van der Waals surface area contributed by atoms with Crippen molar-refractivity contribution in [3.8, 4) is 50.3 Å². The third kappa shape index (κ3) is 4.48. The summed E-state index contributed by atoms with van der Waals surface area (Å²) >= 11 is 1.85. The van der Waals surface area contributed by atoms with Crippen LogP contribution in [0.4, 0.5) is 0 Å². The standard InChI is InChI=1S/C41H26N4S/c1-4-13-27(14-5-1)36-26-30-23-24-34-33-21-10-11-22-35(33)45(37(34)38(30)46-36)32-20-12-19-31(25-32)41-43-39(28-15-6-2-7-16-28)42-40(44-41)29-17-8-3-9-18-29/h1-26H. The number of hydrogen-bond acceptors (Lipinski definition) is 4. The zero-order valence-corrected chi connectivity index (χ0v) is 25.5. The molecular weight excluding hydrogens is 581 g/mol. The monoisotopic (exact) mass is 606 g/mol. The van der Waals surface area contributed by atoms with Crippen molar-refractivity contribution in [2.75, 3.05) is 0 Å². The Kier molecular flexibility index (Phi) is 6.28. The molecule has 3 aromatic heterocycles. The number of fused-ring (bicyclic) bond motifs is 5. The number of benzene rings is 6. The van der Waals surface area contributed by atoms with E-state index in [1.807, 2.05) is 72.0 Å². The highest BCUT2D eigenvalue weighted by Crippen LogP contribution is 2.42. The van der Waals surface area contributed by atoms with Gasteiger partial charge in [0, 0.05) is 38.0 Å². The van der Waals surface area contributed by atoms with Crippen molar-refractivity contribution in [2.24, 2.45) is 0 Å². The van der Waals surface area contributed by atoms with Crippen molar-refractivity contribution >= 4 is 43.2 Å². The average molecular weight is 607 g/mol. The van der Waals surface area contributed by atoms with Crippen LogP contribution in [0.15, 0.2) is 158 Å². The van der Waals surface area contributed by atoms with Crippen LogP contribution in [0.25, 0.3) is 82.2 Å². The molecule has 0 bridgehead atoms. The molecule has 0 atom stereocenters. The molecule has 0 N–H and O–H groups in total. The molecule has 0 aliphatic rings. The molecule has 0 aliphatic carbocycles. The third-order valence-corrected chi connectivity index (χ3v) is 9.65. The van der Waals surface area contributed by atoms with Crippen molar-refractivity contribution in [2.45, 2.75) is 0 Å². The van der Waals surface area contributed by atoms with E-state index in [2.05, 4.69) is 102 Å². The smallest absolute Gasteiger partial charge is 0.164 e. The number of thiophene rings is 1. The van der Waals surface area contributed by atoms with E-state index in [-0.39, 0.29) is 0 Å². The predicted molar refractivity (Wildman–Crippen MR) is 191 cm³/mol. The van der Waals surface area contributed by atoms with Gasteiger partial charge < -0.3 is 4.57 Å². The fourth-order valence-electron chi connectivity index (χ4n) is 6.28. The summed E-state index contributed by atoms with van der Waals surface area (Å²) in [5.41, 5.74) is 7.53. The van der Waals surface area contributed by atoms with Crippen molar-refractivity contribution in [1.29, 1.82) is 0 Å². The highest BCUT2D eigenvalue weighted by Gasteiger charge is 2.18. The van der Waals surface area contributed by atoms with Gasteiger partial charge in [-0.1, -0.05) is 133 Å². The first kappa shape index (κ1) is 26.5. The van der Waals surface area contributed by atoms with Crippen LogP contribution in [0.5, 0.6) is 0 Å². The number of nitrogens with zero attached hydrogens (tertiary/aromatic N) is 4. The van der Waals surface area contributed by atoms with Crippen LogP contribution >= 0.6 is 11.3 Å². The molecule has 3 heterocycles. The Balaban J connectivity index is 1.27. The lowest BCUT2D eigenvalue weighted by Gasteiger charge is -2.12. The summed E-state index contributed by atoms with van der Waals surface area (Å²) in [6, 6.07) is 54.9. The van der Waals surface area contributed by atoms with E-state index in [0.29, 0.717) is 17.5 Å².